The number of rotatable bonds is 5. The van der Waals surface area contributed by atoms with Gasteiger partial charge in [0.15, 0.2) is 0 Å². The van der Waals surface area contributed by atoms with Gasteiger partial charge >= 0.3 is 6.03 Å². The number of amides is 2. The molecule has 8 heteroatoms. The number of carbonyl (C=O) groups excluding carboxylic acids is 1. The summed E-state index contributed by atoms with van der Waals surface area (Å²) in [6.07, 6.45) is 1.76. The van der Waals surface area contributed by atoms with Gasteiger partial charge in [0.2, 0.25) is 0 Å². The van der Waals surface area contributed by atoms with E-state index < -0.39 is 0 Å². The number of nitrogens with one attached hydrogen (secondary N) is 2. The monoisotopic (exact) mass is 347 g/mol. The fraction of sp³-hybridized carbons (Fsp3) is 0.438. The highest BCUT2D eigenvalue weighted by molar-refractivity contribution is 7.09. The zero-order chi connectivity index (χ0) is 16.8. The lowest BCUT2D eigenvalue weighted by Gasteiger charge is -2.26. The molecule has 2 amide bonds. The number of aromatic nitrogens is 2. The lowest BCUT2D eigenvalue weighted by atomic mass is 10.3. The van der Waals surface area contributed by atoms with Gasteiger partial charge in [-0.05, 0) is 19.1 Å². The number of pyridine rings is 1. The third kappa shape index (κ3) is 4.73. The Hall–Kier alpha value is -2.03. The van der Waals surface area contributed by atoms with Gasteiger partial charge in [0.05, 0.1) is 30.5 Å². The minimum atomic E-state index is -0.271. The highest BCUT2D eigenvalue weighted by Crippen LogP contribution is 2.16. The van der Waals surface area contributed by atoms with Gasteiger partial charge in [0, 0.05) is 30.7 Å². The summed E-state index contributed by atoms with van der Waals surface area (Å²) in [7, 11) is 0. The van der Waals surface area contributed by atoms with Crippen molar-refractivity contribution >= 4 is 23.2 Å². The van der Waals surface area contributed by atoms with Crippen molar-refractivity contribution in [1.29, 1.82) is 0 Å². The van der Waals surface area contributed by atoms with Crippen LogP contribution in [0, 0.1) is 0 Å². The maximum absolute atomic E-state index is 12.1. The van der Waals surface area contributed by atoms with Crippen molar-refractivity contribution in [2.75, 3.05) is 31.6 Å². The lowest BCUT2D eigenvalue weighted by molar-refractivity contribution is 0.0337. The Morgan fingerprint density at radius 3 is 3.00 bits per heavy atom. The molecule has 1 unspecified atom stereocenters. The first-order chi connectivity index (χ1) is 11.7. The molecule has 1 aliphatic rings. The van der Waals surface area contributed by atoms with Gasteiger partial charge in [0.25, 0.3) is 0 Å². The van der Waals surface area contributed by atoms with Gasteiger partial charge in [-0.1, -0.05) is 6.07 Å². The van der Waals surface area contributed by atoms with Crippen LogP contribution in [0.15, 0.2) is 29.9 Å². The molecule has 2 aromatic rings. The molecule has 1 saturated heterocycles. The standard InChI is InChI=1S/C16H21N5O2S/c1-12(14-9-17-11-24-14)18-16(22)20-15-4-2-3-13(19-15)10-21-5-7-23-8-6-21/h2-4,9,11-12H,5-8,10H2,1H3,(H2,18,19,20,22). The first-order valence-electron chi connectivity index (χ1n) is 7.92. The minimum Gasteiger partial charge on any atom is -0.379 e. The maximum atomic E-state index is 12.1. The molecule has 0 aromatic carbocycles. The molecule has 2 aromatic heterocycles. The number of hydrogen-bond donors (Lipinski definition) is 2. The molecule has 1 atom stereocenters. The third-order valence-corrected chi connectivity index (χ3v) is 4.72. The van der Waals surface area contributed by atoms with Gasteiger partial charge < -0.3 is 10.1 Å². The molecule has 0 bridgehead atoms. The van der Waals surface area contributed by atoms with Crippen LogP contribution in [0.4, 0.5) is 10.6 Å². The molecular formula is C16H21N5O2S. The highest BCUT2D eigenvalue weighted by atomic mass is 32.1. The highest BCUT2D eigenvalue weighted by Gasteiger charge is 2.13. The van der Waals surface area contributed by atoms with Crippen LogP contribution >= 0.6 is 11.3 Å². The van der Waals surface area contributed by atoms with Gasteiger partial charge in [-0.3, -0.25) is 15.2 Å². The van der Waals surface area contributed by atoms with Gasteiger partial charge in [-0.15, -0.1) is 11.3 Å². The SMILES string of the molecule is CC(NC(=O)Nc1cccc(CN2CCOCC2)n1)c1cncs1. The third-order valence-electron chi connectivity index (χ3n) is 3.76. The average Bonchev–Trinajstić information content (AvgIpc) is 3.10. The summed E-state index contributed by atoms with van der Waals surface area (Å²) < 4.78 is 5.35. The molecule has 3 heterocycles. The molecular weight excluding hydrogens is 326 g/mol. The second kappa shape index (κ2) is 8.18. The maximum Gasteiger partial charge on any atom is 0.320 e. The van der Waals surface area contributed by atoms with E-state index in [1.807, 2.05) is 19.1 Å². The van der Waals surface area contributed by atoms with Gasteiger partial charge in [0.1, 0.15) is 5.82 Å². The quantitative estimate of drug-likeness (QED) is 0.867. The Morgan fingerprint density at radius 2 is 2.25 bits per heavy atom. The fourth-order valence-corrected chi connectivity index (χ4v) is 3.11. The van der Waals surface area contributed by atoms with E-state index in [0.29, 0.717) is 5.82 Å². The largest absolute Gasteiger partial charge is 0.379 e. The second-order valence-electron chi connectivity index (χ2n) is 5.63. The fourth-order valence-electron chi connectivity index (χ4n) is 2.49. The van der Waals surface area contributed by atoms with Crippen LogP contribution < -0.4 is 10.6 Å². The molecule has 3 rings (SSSR count). The first kappa shape index (κ1) is 16.8. The molecule has 0 aliphatic carbocycles. The summed E-state index contributed by atoms with van der Waals surface area (Å²) in [5.41, 5.74) is 2.69. The molecule has 0 spiro atoms. The zero-order valence-corrected chi connectivity index (χ0v) is 14.4. The Labute approximate surface area is 145 Å². The molecule has 128 valence electrons. The Bertz CT molecular complexity index is 658. The molecule has 1 fully saturated rings. The van der Waals surface area contributed by atoms with Crippen LogP contribution in [0.2, 0.25) is 0 Å². The number of ether oxygens (including phenoxy) is 1. The topological polar surface area (TPSA) is 79.4 Å². The number of hydrogen-bond acceptors (Lipinski definition) is 6. The van der Waals surface area contributed by atoms with Crippen molar-refractivity contribution in [3.63, 3.8) is 0 Å². The summed E-state index contributed by atoms with van der Waals surface area (Å²) in [5.74, 6) is 0.551. The summed E-state index contributed by atoms with van der Waals surface area (Å²) in [4.78, 5) is 24.0. The van der Waals surface area contributed by atoms with Crippen LogP contribution in [0.3, 0.4) is 0 Å². The van der Waals surface area contributed by atoms with Gasteiger partial charge in [-0.2, -0.15) is 0 Å². The van der Waals surface area contributed by atoms with Crippen molar-refractivity contribution in [3.05, 3.63) is 40.5 Å². The number of carbonyl (C=O) groups is 1. The number of morpholine rings is 1. The Morgan fingerprint density at radius 1 is 1.42 bits per heavy atom. The van der Waals surface area contributed by atoms with Crippen molar-refractivity contribution in [2.24, 2.45) is 0 Å². The average molecular weight is 347 g/mol. The van der Waals surface area contributed by atoms with Crippen molar-refractivity contribution in [3.8, 4) is 0 Å². The van der Waals surface area contributed by atoms with E-state index in [9.17, 15) is 4.79 Å². The van der Waals surface area contributed by atoms with Crippen LogP contribution in [-0.2, 0) is 11.3 Å². The number of thiazole rings is 1. The van der Waals surface area contributed by atoms with E-state index in [-0.39, 0.29) is 12.1 Å². The molecule has 2 N–H and O–H groups in total. The van der Waals surface area contributed by atoms with E-state index in [1.54, 1.807) is 17.8 Å². The number of nitrogens with zero attached hydrogens (tertiary/aromatic N) is 3. The molecule has 7 nitrogen and oxygen atoms in total. The number of urea groups is 1. The smallest absolute Gasteiger partial charge is 0.320 e. The predicted molar refractivity (Wildman–Crippen MR) is 93.0 cm³/mol. The van der Waals surface area contributed by atoms with E-state index in [4.69, 9.17) is 4.74 Å². The van der Waals surface area contributed by atoms with E-state index in [0.717, 1.165) is 43.4 Å². The van der Waals surface area contributed by atoms with Crippen LogP contribution in [0.1, 0.15) is 23.5 Å². The van der Waals surface area contributed by atoms with Crippen LogP contribution in [0.25, 0.3) is 0 Å². The molecule has 24 heavy (non-hydrogen) atoms. The van der Waals surface area contributed by atoms with E-state index >= 15 is 0 Å². The van der Waals surface area contributed by atoms with Crippen molar-refractivity contribution < 1.29 is 9.53 Å². The molecule has 0 radical (unpaired) electrons. The predicted octanol–water partition coefficient (Wildman–Crippen LogP) is 2.25. The molecule has 0 saturated carbocycles. The summed E-state index contributed by atoms with van der Waals surface area (Å²) in [6, 6.07) is 5.31. The first-order valence-corrected chi connectivity index (χ1v) is 8.80. The van der Waals surface area contributed by atoms with E-state index in [1.165, 1.54) is 11.3 Å². The lowest BCUT2D eigenvalue weighted by Crippen LogP contribution is -2.36. The summed E-state index contributed by atoms with van der Waals surface area (Å²) >= 11 is 1.52. The Balaban J connectivity index is 1.54. The normalized spacial score (nSPS) is 16.5. The molecule has 1 aliphatic heterocycles. The van der Waals surface area contributed by atoms with Crippen LogP contribution in [0.5, 0.6) is 0 Å². The van der Waals surface area contributed by atoms with Crippen molar-refractivity contribution in [1.82, 2.24) is 20.2 Å². The van der Waals surface area contributed by atoms with Crippen LogP contribution in [-0.4, -0.2) is 47.2 Å². The van der Waals surface area contributed by atoms with Crippen molar-refractivity contribution in [2.45, 2.75) is 19.5 Å². The zero-order valence-electron chi connectivity index (χ0n) is 13.6. The summed E-state index contributed by atoms with van der Waals surface area (Å²) in [6.45, 7) is 6.02. The minimum absolute atomic E-state index is 0.0889. The second-order valence-corrected chi connectivity index (χ2v) is 6.54. The van der Waals surface area contributed by atoms with Gasteiger partial charge in [-0.25, -0.2) is 9.78 Å². The van der Waals surface area contributed by atoms with E-state index in [2.05, 4.69) is 25.5 Å². The number of anilines is 1. The Kier molecular flexibility index (Phi) is 5.73. The summed E-state index contributed by atoms with van der Waals surface area (Å²) in [5, 5.41) is 5.68.